The van der Waals surface area contributed by atoms with Gasteiger partial charge in [-0.3, -0.25) is 4.90 Å². The molecule has 1 N–H and O–H groups in total. The number of hydrogen-bond donors (Lipinski definition) is 1. The molecule has 130 valence electrons. The first-order chi connectivity index (χ1) is 11.7. The number of aryl methyl sites for hydroxylation is 1. The first kappa shape index (κ1) is 16.8. The summed E-state index contributed by atoms with van der Waals surface area (Å²) in [5.74, 6) is 2.54. The molecule has 1 aliphatic heterocycles. The van der Waals surface area contributed by atoms with Crippen LogP contribution in [-0.4, -0.2) is 68.5 Å². The van der Waals surface area contributed by atoms with Crippen LogP contribution in [-0.2, 0) is 0 Å². The predicted octanol–water partition coefficient (Wildman–Crippen LogP) is 1.67. The zero-order valence-electron chi connectivity index (χ0n) is 14.6. The number of methoxy groups -OCH3 is 2. The second-order valence-electron chi connectivity index (χ2n) is 6.04. The average molecular weight is 331 g/mol. The largest absolute Gasteiger partial charge is 0.496 e. The molecule has 0 bridgehead atoms. The van der Waals surface area contributed by atoms with E-state index in [4.69, 9.17) is 19.6 Å². The first-order valence-corrected chi connectivity index (χ1v) is 8.28. The topological polar surface area (TPSA) is 58.1 Å². The van der Waals surface area contributed by atoms with Crippen molar-refractivity contribution < 1.29 is 14.6 Å². The van der Waals surface area contributed by atoms with Crippen molar-refractivity contribution in [3.8, 4) is 11.5 Å². The lowest BCUT2D eigenvalue weighted by molar-refractivity contribution is 0.188. The fourth-order valence-corrected chi connectivity index (χ4v) is 3.30. The van der Waals surface area contributed by atoms with E-state index in [1.807, 2.05) is 12.1 Å². The number of aromatic nitrogens is 1. The third-order valence-corrected chi connectivity index (χ3v) is 4.62. The minimum atomic E-state index is 0.213. The first-order valence-electron chi connectivity index (χ1n) is 8.28. The molecule has 2 heterocycles. The summed E-state index contributed by atoms with van der Waals surface area (Å²) in [5, 5.41) is 10.1. The van der Waals surface area contributed by atoms with Crippen molar-refractivity contribution >= 4 is 16.7 Å². The van der Waals surface area contributed by atoms with Gasteiger partial charge < -0.3 is 19.5 Å². The maximum atomic E-state index is 9.07. The van der Waals surface area contributed by atoms with Crippen molar-refractivity contribution in [2.24, 2.45) is 0 Å². The van der Waals surface area contributed by atoms with Gasteiger partial charge in [-0.1, -0.05) is 0 Å². The number of nitrogens with zero attached hydrogens (tertiary/aromatic N) is 3. The number of ether oxygens (including phenoxy) is 2. The Hall–Kier alpha value is -2.05. The lowest BCUT2D eigenvalue weighted by atomic mass is 10.1. The Kier molecular flexibility index (Phi) is 5.06. The number of anilines is 1. The Morgan fingerprint density at radius 2 is 1.75 bits per heavy atom. The minimum Gasteiger partial charge on any atom is -0.496 e. The van der Waals surface area contributed by atoms with Crippen LogP contribution in [0.3, 0.4) is 0 Å². The Bertz CT molecular complexity index is 712. The number of hydrogen-bond acceptors (Lipinski definition) is 6. The summed E-state index contributed by atoms with van der Waals surface area (Å²) in [7, 11) is 3.34. The molecule has 1 aromatic heterocycles. The number of benzene rings is 1. The van der Waals surface area contributed by atoms with E-state index in [9.17, 15) is 0 Å². The van der Waals surface area contributed by atoms with Crippen LogP contribution in [0.1, 0.15) is 5.56 Å². The van der Waals surface area contributed by atoms with E-state index in [0.717, 1.165) is 66.5 Å². The van der Waals surface area contributed by atoms with Crippen LogP contribution < -0.4 is 14.4 Å². The minimum absolute atomic E-state index is 0.213. The van der Waals surface area contributed by atoms with Gasteiger partial charge >= 0.3 is 0 Å². The highest BCUT2D eigenvalue weighted by atomic mass is 16.5. The Morgan fingerprint density at radius 3 is 2.38 bits per heavy atom. The number of aliphatic hydroxyl groups excluding tert-OH is 1. The van der Waals surface area contributed by atoms with E-state index < -0.39 is 0 Å². The molecule has 0 atom stereocenters. The van der Waals surface area contributed by atoms with E-state index in [1.165, 1.54) is 0 Å². The van der Waals surface area contributed by atoms with E-state index in [0.29, 0.717) is 0 Å². The van der Waals surface area contributed by atoms with Gasteiger partial charge in [-0.15, -0.1) is 0 Å². The van der Waals surface area contributed by atoms with Gasteiger partial charge in [-0.25, -0.2) is 4.98 Å². The van der Waals surface area contributed by atoms with Crippen molar-refractivity contribution in [3.05, 3.63) is 23.8 Å². The van der Waals surface area contributed by atoms with Gasteiger partial charge in [0.1, 0.15) is 22.8 Å². The SMILES string of the molecule is COc1ccc(OC)c2c(C)cc(N3CCN(CCO)CC3)nc12. The molecule has 2 aromatic rings. The molecule has 1 saturated heterocycles. The molecule has 3 rings (SSSR count). The van der Waals surface area contributed by atoms with Gasteiger partial charge in [0.25, 0.3) is 0 Å². The summed E-state index contributed by atoms with van der Waals surface area (Å²) >= 11 is 0. The third-order valence-electron chi connectivity index (χ3n) is 4.62. The van der Waals surface area contributed by atoms with E-state index in [1.54, 1.807) is 14.2 Å². The van der Waals surface area contributed by atoms with Crippen LogP contribution in [0.5, 0.6) is 11.5 Å². The Labute approximate surface area is 142 Å². The van der Waals surface area contributed by atoms with Crippen LogP contribution in [0.4, 0.5) is 5.82 Å². The number of pyridine rings is 1. The highest BCUT2D eigenvalue weighted by Gasteiger charge is 2.20. The second kappa shape index (κ2) is 7.23. The predicted molar refractivity (Wildman–Crippen MR) is 95.3 cm³/mol. The number of aliphatic hydroxyl groups is 1. The van der Waals surface area contributed by atoms with Gasteiger partial charge in [-0.2, -0.15) is 0 Å². The maximum Gasteiger partial charge on any atom is 0.145 e. The fraction of sp³-hybridized carbons (Fsp3) is 0.500. The molecule has 6 nitrogen and oxygen atoms in total. The number of rotatable bonds is 5. The Morgan fingerprint density at radius 1 is 1.08 bits per heavy atom. The fourth-order valence-electron chi connectivity index (χ4n) is 3.30. The quantitative estimate of drug-likeness (QED) is 0.899. The zero-order chi connectivity index (χ0) is 17.1. The van der Waals surface area contributed by atoms with E-state index in [2.05, 4.69) is 22.8 Å². The van der Waals surface area contributed by atoms with Crippen LogP contribution in [0, 0.1) is 6.92 Å². The molecule has 0 aliphatic carbocycles. The molecule has 1 aromatic carbocycles. The molecule has 0 radical (unpaired) electrons. The third kappa shape index (κ3) is 3.12. The number of fused-ring (bicyclic) bond motifs is 1. The monoisotopic (exact) mass is 331 g/mol. The number of β-amino-alcohol motifs (C(OH)–C–C–N with tert-alkyl or cyclic N) is 1. The van der Waals surface area contributed by atoms with Gasteiger partial charge in [-0.05, 0) is 30.7 Å². The van der Waals surface area contributed by atoms with Crippen LogP contribution in [0.15, 0.2) is 18.2 Å². The van der Waals surface area contributed by atoms with Crippen molar-refractivity contribution in [1.29, 1.82) is 0 Å². The summed E-state index contributed by atoms with van der Waals surface area (Å²) < 4.78 is 11.0. The van der Waals surface area contributed by atoms with Gasteiger partial charge in [0.05, 0.1) is 20.8 Å². The lowest BCUT2D eigenvalue weighted by Gasteiger charge is -2.35. The van der Waals surface area contributed by atoms with Crippen molar-refractivity contribution in [3.63, 3.8) is 0 Å². The molecule has 0 unspecified atom stereocenters. The van der Waals surface area contributed by atoms with Crippen LogP contribution in [0.25, 0.3) is 10.9 Å². The highest BCUT2D eigenvalue weighted by Crippen LogP contribution is 2.36. The molecule has 24 heavy (non-hydrogen) atoms. The van der Waals surface area contributed by atoms with Crippen molar-refractivity contribution in [2.45, 2.75) is 6.92 Å². The van der Waals surface area contributed by atoms with Crippen LogP contribution in [0.2, 0.25) is 0 Å². The molecular formula is C18H25N3O3. The summed E-state index contributed by atoms with van der Waals surface area (Å²) in [6, 6.07) is 5.94. The number of piperazine rings is 1. The van der Waals surface area contributed by atoms with Gasteiger partial charge in [0.2, 0.25) is 0 Å². The van der Waals surface area contributed by atoms with E-state index in [-0.39, 0.29) is 6.61 Å². The average Bonchev–Trinajstić information content (AvgIpc) is 2.61. The van der Waals surface area contributed by atoms with Gasteiger partial charge in [0.15, 0.2) is 0 Å². The summed E-state index contributed by atoms with van der Waals surface area (Å²) in [6.07, 6.45) is 0. The normalized spacial score (nSPS) is 15.8. The highest BCUT2D eigenvalue weighted by molar-refractivity contribution is 5.94. The van der Waals surface area contributed by atoms with E-state index >= 15 is 0 Å². The van der Waals surface area contributed by atoms with Crippen molar-refractivity contribution in [1.82, 2.24) is 9.88 Å². The molecule has 0 spiro atoms. The zero-order valence-corrected chi connectivity index (χ0v) is 14.6. The maximum absolute atomic E-state index is 9.07. The van der Waals surface area contributed by atoms with Crippen molar-refractivity contribution in [2.75, 3.05) is 58.5 Å². The molecule has 6 heteroatoms. The molecule has 0 amide bonds. The Balaban J connectivity index is 1.96. The molecule has 1 aliphatic rings. The molecule has 0 saturated carbocycles. The van der Waals surface area contributed by atoms with Gasteiger partial charge in [0, 0.05) is 38.1 Å². The lowest BCUT2D eigenvalue weighted by Crippen LogP contribution is -2.47. The molecular weight excluding hydrogens is 306 g/mol. The second-order valence-corrected chi connectivity index (χ2v) is 6.04. The smallest absolute Gasteiger partial charge is 0.145 e. The summed E-state index contributed by atoms with van der Waals surface area (Å²) in [4.78, 5) is 9.43. The standard InChI is InChI=1S/C18H25N3O3/c1-13-12-16(21-8-6-20(7-9-21)10-11-22)19-18-15(24-3)5-4-14(23-2)17(13)18/h4-5,12,22H,6-11H2,1-3H3. The summed E-state index contributed by atoms with van der Waals surface area (Å²) in [6.45, 7) is 6.72. The summed E-state index contributed by atoms with van der Waals surface area (Å²) in [5.41, 5.74) is 1.97. The van der Waals surface area contributed by atoms with Crippen LogP contribution >= 0.6 is 0 Å². The molecule has 1 fully saturated rings.